The number of carbonyl (C=O) groups excluding carboxylic acids is 1. The minimum atomic E-state index is -1.09. The molecule has 0 atom stereocenters. The molecule has 6 nitrogen and oxygen atoms in total. The molecule has 0 bridgehead atoms. The Labute approximate surface area is 125 Å². The Morgan fingerprint density at radius 1 is 1.38 bits per heavy atom. The van der Waals surface area contributed by atoms with Crippen LogP contribution in [0.15, 0.2) is 36.5 Å². The fourth-order valence-corrected chi connectivity index (χ4v) is 2.02. The highest BCUT2D eigenvalue weighted by molar-refractivity contribution is 6.31. The number of halogens is 1. The van der Waals surface area contributed by atoms with Crippen molar-refractivity contribution < 1.29 is 19.4 Å². The first-order chi connectivity index (χ1) is 9.97. The molecule has 2 aromatic rings. The fraction of sp³-hybridized carbons (Fsp3) is 0.143. The van der Waals surface area contributed by atoms with Crippen LogP contribution in [0.1, 0.15) is 10.5 Å². The third kappa shape index (κ3) is 3.76. The number of nitrogens with one attached hydrogen (secondary N) is 1. The maximum absolute atomic E-state index is 12.2. The normalized spacial score (nSPS) is 10.2. The SMILES string of the molecule is Cn1cc(Cl)cc1C(=O)Nc1ccccc1OCC(=O)O. The van der Waals surface area contributed by atoms with E-state index >= 15 is 0 Å². The lowest BCUT2D eigenvalue weighted by atomic mass is 10.2. The van der Waals surface area contributed by atoms with E-state index in [0.29, 0.717) is 16.4 Å². The van der Waals surface area contributed by atoms with Crippen molar-refractivity contribution in [3.63, 3.8) is 0 Å². The molecule has 0 saturated heterocycles. The van der Waals surface area contributed by atoms with Gasteiger partial charge >= 0.3 is 5.97 Å². The average Bonchev–Trinajstić information content (AvgIpc) is 2.76. The predicted molar refractivity (Wildman–Crippen MR) is 77.9 cm³/mol. The van der Waals surface area contributed by atoms with Crippen LogP contribution in [0.2, 0.25) is 5.02 Å². The van der Waals surface area contributed by atoms with Gasteiger partial charge in [-0.25, -0.2) is 4.79 Å². The first-order valence-electron chi connectivity index (χ1n) is 6.04. The summed E-state index contributed by atoms with van der Waals surface area (Å²) in [6.07, 6.45) is 1.61. The van der Waals surface area contributed by atoms with E-state index in [-0.39, 0.29) is 11.7 Å². The van der Waals surface area contributed by atoms with E-state index in [0.717, 1.165) is 0 Å². The third-order valence-electron chi connectivity index (χ3n) is 2.69. The third-order valence-corrected chi connectivity index (χ3v) is 2.90. The first-order valence-corrected chi connectivity index (χ1v) is 6.42. The zero-order valence-corrected chi connectivity index (χ0v) is 11.9. The molecule has 0 fully saturated rings. The average molecular weight is 309 g/mol. The molecule has 0 aliphatic heterocycles. The van der Waals surface area contributed by atoms with E-state index in [9.17, 15) is 9.59 Å². The van der Waals surface area contributed by atoms with Crippen LogP contribution >= 0.6 is 11.6 Å². The largest absolute Gasteiger partial charge is 0.480 e. The number of nitrogens with zero attached hydrogens (tertiary/aromatic N) is 1. The Hall–Kier alpha value is -2.47. The zero-order valence-electron chi connectivity index (χ0n) is 11.2. The quantitative estimate of drug-likeness (QED) is 0.888. The van der Waals surface area contributed by atoms with Crippen LogP contribution in [0.3, 0.4) is 0 Å². The number of aromatic nitrogens is 1. The molecule has 0 spiro atoms. The van der Waals surface area contributed by atoms with Crippen LogP contribution in [0.4, 0.5) is 5.69 Å². The molecule has 21 heavy (non-hydrogen) atoms. The Morgan fingerprint density at radius 2 is 2.10 bits per heavy atom. The fourth-order valence-electron chi connectivity index (χ4n) is 1.77. The number of carboxylic acid groups (broad SMARTS) is 1. The van der Waals surface area contributed by atoms with E-state index in [2.05, 4.69) is 5.32 Å². The van der Waals surface area contributed by atoms with Gasteiger partial charge in [-0.05, 0) is 18.2 Å². The van der Waals surface area contributed by atoms with Crippen molar-refractivity contribution in [3.05, 3.63) is 47.2 Å². The molecular weight excluding hydrogens is 296 g/mol. The summed E-state index contributed by atoms with van der Waals surface area (Å²) in [6, 6.07) is 8.14. The number of amides is 1. The second-order valence-electron chi connectivity index (χ2n) is 4.29. The van der Waals surface area contributed by atoms with Gasteiger partial charge in [0.15, 0.2) is 6.61 Å². The molecule has 2 rings (SSSR count). The van der Waals surface area contributed by atoms with Crippen LogP contribution in [0, 0.1) is 0 Å². The summed E-state index contributed by atoms with van der Waals surface area (Å²) in [5, 5.41) is 11.8. The van der Waals surface area contributed by atoms with Crippen molar-refractivity contribution in [3.8, 4) is 5.75 Å². The number of ether oxygens (including phenoxy) is 1. The number of benzene rings is 1. The van der Waals surface area contributed by atoms with Crippen LogP contribution in [0.5, 0.6) is 5.75 Å². The molecule has 0 saturated carbocycles. The van der Waals surface area contributed by atoms with Crippen molar-refractivity contribution in [2.75, 3.05) is 11.9 Å². The minimum absolute atomic E-state index is 0.286. The number of aliphatic carboxylic acids is 1. The van der Waals surface area contributed by atoms with E-state index in [1.54, 1.807) is 42.1 Å². The number of hydrogen-bond acceptors (Lipinski definition) is 3. The maximum Gasteiger partial charge on any atom is 0.341 e. The number of aryl methyl sites for hydroxylation is 1. The molecule has 110 valence electrons. The van der Waals surface area contributed by atoms with E-state index < -0.39 is 12.6 Å². The smallest absolute Gasteiger partial charge is 0.341 e. The summed E-state index contributed by atoms with van der Waals surface area (Å²) >= 11 is 5.84. The van der Waals surface area contributed by atoms with Gasteiger partial charge in [0.05, 0.1) is 10.7 Å². The standard InChI is InChI=1S/C14H13ClN2O4/c1-17-7-9(15)6-11(17)14(20)16-10-4-2-3-5-12(10)21-8-13(18)19/h2-7H,8H2,1H3,(H,16,20)(H,18,19). The van der Waals surface area contributed by atoms with Crippen molar-refractivity contribution in [1.29, 1.82) is 0 Å². The van der Waals surface area contributed by atoms with Crippen LogP contribution in [-0.4, -0.2) is 28.2 Å². The highest BCUT2D eigenvalue weighted by Crippen LogP contribution is 2.24. The molecule has 7 heteroatoms. The number of carboxylic acids is 1. The van der Waals surface area contributed by atoms with Crippen molar-refractivity contribution in [2.24, 2.45) is 7.05 Å². The van der Waals surface area contributed by atoms with E-state index in [1.165, 1.54) is 6.07 Å². The predicted octanol–water partition coefficient (Wildman–Crippen LogP) is 2.39. The number of para-hydroxylation sites is 2. The molecule has 0 radical (unpaired) electrons. The topological polar surface area (TPSA) is 80.6 Å². The summed E-state index contributed by atoms with van der Waals surface area (Å²) < 4.78 is 6.72. The molecule has 0 aliphatic rings. The van der Waals surface area contributed by atoms with Gasteiger partial charge in [-0.1, -0.05) is 23.7 Å². The van der Waals surface area contributed by atoms with Gasteiger partial charge in [-0.3, -0.25) is 4.79 Å². The molecule has 1 aromatic heterocycles. The Kier molecular flexibility index (Phi) is 4.49. The van der Waals surface area contributed by atoms with Gasteiger partial charge in [0.25, 0.3) is 5.91 Å². The van der Waals surface area contributed by atoms with Crippen LogP contribution in [-0.2, 0) is 11.8 Å². The highest BCUT2D eigenvalue weighted by Gasteiger charge is 2.14. The number of anilines is 1. The first kappa shape index (κ1) is 14.9. The van der Waals surface area contributed by atoms with E-state index in [1.807, 2.05) is 0 Å². The Balaban J connectivity index is 2.17. The van der Waals surface area contributed by atoms with Gasteiger partial charge in [0, 0.05) is 13.2 Å². The Morgan fingerprint density at radius 3 is 2.71 bits per heavy atom. The second kappa shape index (κ2) is 6.32. The lowest BCUT2D eigenvalue weighted by Crippen LogP contribution is -2.17. The monoisotopic (exact) mass is 308 g/mol. The summed E-state index contributed by atoms with van der Waals surface area (Å²) in [7, 11) is 1.70. The maximum atomic E-state index is 12.2. The molecule has 0 aliphatic carbocycles. The number of hydrogen-bond donors (Lipinski definition) is 2. The lowest BCUT2D eigenvalue weighted by molar-refractivity contribution is -0.139. The summed E-state index contributed by atoms with van der Waals surface area (Å²) in [4.78, 5) is 22.7. The van der Waals surface area contributed by atoms with Crippen LogP contribution < -0.4 is 10.1 Å². The number of rotatable bonds is 5. The van der Waals surface area contributed by atoms with Crippen molar-refractivity contribution in [2.45, 2.75) is 0 Å². The zero-order chi connectivity index (χ0) is 15.4. The van der Waals surface area contributed by atoms with E-state index in [4.69, 9.17) is 21.4 Å². The minimum Gasteiger partial charge on any atom is -0.480 e. The van der Waals surface area contributed by atoms with Gasteiger partial charge in [-0.2, -0.15) is 0 Å². The van der Waals surface area contributed by atoms with Gasteiger partial charge < -0.3 is 19.7 Å². The molecule has 1 aromatic carbocycles. The highest BCUT2D eigenvalue weighted by atomic mass is 35.5. The molecule has 1 heterocycles. The molecule has 0 unspecified atom stereocenters. The van der Waals surface area contributed by atoms with Crippen molar-refractivity contribution >= 4 is 29.2 Å². The lowest BCUT2D eigenvalue weighted by Gasteiger charge is -2.11. The van der Waals surface area contributed by atoms with Gasteiger partial charge in [0.1, 0.15) is 11.4 Å². The summed E-state index contributed by atoms with van der Waals surface area (Å²) in [6.45, 7) is -0.483. The summed E-state index contributed by atoms with van der Waals surface area (Å²) in [5.41, 5.74) is 0.772. The van der Waals surface area contributed by atoms with Crippen LogP contribution in [0.25, 0.3) is 0 Å². The molecular formula is C14H13ClN2O4. The second-order valence-corrected chi connectivity index (χ2v) is 4.72. The van der Waals surface area contributed by atoms with Crippen molar-refractivity contribution in [1.82, 2.24) is 4.57 Å². The molecule has 2 N–H and O–H groups in total. The molecule has 1 amide bonds. The van der Waals surface area contributed by atoms with Gasteiger partial charge in [0.2, 0.25) is 0 Å². The van der Waals surface area contributed by atoms with Gasteiger partial charge in [-0.15, -0.1) is 0 Å². The summed E-state index contributed by atoms with van der Waals surface area (Å²) in [5.74, 6) is -1.17. The Bertz CT molecular complexity index is 681. The number of carbonyl (C=O) groups is 2.